The smallest absolute Gasteiger partial charge is 0.139 e. The van der Waals surface area contributed by atoms with E-state index in [-0.39, 0.29) is 0 Å². The average Bonchev–Trinajstić information content (AvgIpc) is 3.29. The van der Waals surface area contributed by atoms with E-state index in [9.17, 15) is 0 Å². The number of H-pyrrole nitrogens is 2. The number of aromatic nitrogens is 5. The highest BCUT2D eigenvalue weighted by molar-refractivity contribution is 6.06. The number of pyridine rings is 1. The lowest BCUT2D eigenvalue weighted by atomic mass is 10.1. The number of rotatable bonds is 2. The van der Waals surface area contributed by atoms with Gasteiger partial charge in [-0.3, -0.25) is 4.68 Å². The lowest BCUT2D eigenvalue weighted by Gasteiger charge is -2.00. The highest BCUT2D eigenvalue weighted by Gasteiger charge is 2.13. The molecule has 118 valence electrons. The van der Waals surface area contributed by atoms with Crippen LogP contribution in [-0.2, 0) is 7.05 Å². The number of methoxy groups -OCH3 is 1. The van der Waals surface area contributed by atoms with E-state index in [4.69, 9.17) is 4.74 Å². The molecule has 0 spiro atoms. The van der Waals surface area contributed by atoms with Crippen molar-refractivity contribution in [2.24, 2.45) is 7.05 Å². The molecule has 0 fully saturated rings. The van der Waals surface area contributed by atoms with Crippen LogP contribution in [0.3, 0.4) is 0 Å². The van der Waals surface area contributed by atoms with E-state index in [0.717, 1.165) is 49.8 Å². The van der Waals surface area contributed by atoms with Gasteiger partial charge < -0.3 is 14.7 Å². The molecular formula is C18H15N5O. The summed E-state index contributed by atoms with van der Waals surface area (Å²) in [6, 6.07) is 8.15. The molecule has 0 bridgehead atoms. The number of aromatic amines is 2. The van der Waals surface area contributed by atoms with E-state index in [1.165, 1.54) is 0 Å². The van der Waals surface area contributed by atoms with Crippen molar-refractivity contribution in [3.8, 4) is 17.0 Å². The summed E-state index contributed by atoms with van der Waals surface area (Å²) in [6.07, 6.45) is 5.70. The van der Waals surface area contributed by atoms with Gasteiger partial charge in [-0.2, -0.15) is 5.10 Å². The van der Waals surface area contributed by atoms with Crippen molar-refractivity contribution in [3.63, 3.8) is 0 Å². The molecule has 0 saturated heterocycles. The normalized spacial score (nSPS) is 11.8. The van der Waals surface area contributed by atoms with Gasteiger partial charge in [0.1, 0.15) is 11.4 Å². The lowest BCUT2D eigenvalue weighted by Crippen LogP contribution is -1.89. The zero-order chi connectivity index (χ0) is 16.3. The number of nitrogens with one attached hydrogen (secondary N) is 2. The number of hydrogen-bond donors (Lipinski definition) is 2. The molecule has 6 heteroatoms. The van der Waals surface area contributed by atoms with Crippen LogP contribution in [0.5, 0.6) is 5.75 Å². The Balaban J connectivity index is 1.80. The number of aryl methyl sites for hydroxylation is 1. The largest absolute Gasteiger partial charge is 0.497 e. The molecule has 24 heavy (non-hydrogen) atoms. The van der Waals surface area contributed by atoms with Gasteiger partial charge in [-0.15, -0.1) is 0 Å². The van der Waals surface area contributed by atoms with Gasteiger partial charge in [0.2, 0.25) is 0 Å². The van der Waals surface area contributed by atoms with Gasteiger partial charge in [0.25, 0.3) is 0 Å². The summed E-state index contributed by atoms with van der Waals surface area (Å²) in [5.74, 6) is 0.839. The SMILES string of the molecule is COc1ccc2[nH]cc(-c3cc4c(ncc5cnn(C)c54)[nH]3)c2c1. The molecule has 0 atom stereocenters. The van der Waals surface area contributed by atoms with E-state index in [0.29, 0.717) is 0 Å². The third-order valence-corrected chi connectivity index (χ3v) is 4.53. The lowest BCUT2D eigenvalue weighted by molar-refractivity contribution is 0.415. The van der Waals surface area contributed by atoms with Crippen LogP contribution >= 0.6 is 0 Å². The molecule has 0 aliphatic heterocycles. The third kappa shape index (κ3) is 1.70. The second-order valence-electron chi connectivity index (χ2n) is 5.89. The predicted octanol–water partition coefficient (Wildman–Crippen LogP) is 3.61. The fourth-order valence-electron chi connectivity index (χ4n) is 3.33. The Morgan fingerprint density at radius 1 is 1.12 bits per heavy atom. The van der Waals surface area contributed by atoms with Crippen LogP contribution in [-0.4, -0.2) is 31.8 Å². The average molecular weight is 317 g/mol. The van der Waals surface area contributed by atoms with E-state index >= 15 is 0 Å². The Morgan fingerprint density at radius 3 is 2.92 bits per heavy atom. The quantitative estimate of drug-likeness (QED) is 0.522. The molecule has 5 aromatic rings. The molecule has 0 unspecified atom stereocenters. The van der Waals surface area contributed by atoms with Crippen LogP contribution in [0, 0.1) is 0 Å². The Labute approximate surface area is 137 Å². The van der Waals surface area contributed by atoms with Crippen molar-refractivity contribution in [3.05, 3.63) is 42.9 Å². The topological polar surface area (TPSA) is 71.5 Å². The minimum absolute atomic E-state index is 0.839. The van der Waals surface area contributed by atoms with E-state index in [2.05, 4.69) is 26.1 Å². The van der Waals surface area contributed by atoms with Crippen LogP contribution in [0.2, 0.25) is 0 Å². The van der Waals surface area contributed by atoms with Gasteiger partial charge in [-0.05, 0) is 24.3 Å². The monoisotopic (exact) mass is 317 g/mol. The second-order valence-corrected chi connectivity index (χ2v) is 5.89. The summed E-state index contributed by atoms with van der Waals surface area (Å²) in [5, 5.41) is 7.55. The zero-order valence-corrected chi connectivity index (χ0v) is 13.3. The van der Waals surface area contributed by atoms with Gasteiger partial charge in [0.05, 0.1) is 18.8 Å². The van der Waals surface area contributed by atoms with Crippen LogP contribution in [0.15, 0.2) is 42.9 Å². The van der Waals surface area contributed by atoms with Crippen LogP contribution in [0.4, 0.5) is 0 Å². The maximum absolute atomic E-state index is 5.36. The second kappa shape index (κ2) is 4.61. The Hall–Kier alpha value is -3.28. The Bertz CT molecular complexity index is 1210. The van der Waals surface area contributed by atoms with Gasteiger partial charge in [-0.1, -0.05) is 0 Å². The van der Waals surface area contributed by atoms with E-state index < -0.39 is 0 Å². The van der Waals surface area contributed by atoms with Gasteiger partial charge >= 0.3 is 0 Å². The molecule has 5 rings (SSSR count). The molecule has 0 aliphatic carbocycles. The summed E-state index contributed by atoms with van der Waals surface area (Å²) in [5.41, 5.74) is 5.13. The Kier molecular flexibility index (Phi) is 2.53. The third-order valence-electron chi connectivity index (χ3n) is 4.53. The van der Waals surface area contributed by atoms with Crippen molar-refractivity contribution in [1.29, 1.82) is 0 Å². The fourth-order valence-corrected chi connectivity index (χ4v) is 3.33. The standard InChI is InChI=1S/C18H15N5O/c1-23-17-10(8-21-23)7-20-18-13(17)6-16(22-18)14-9-19-15-4-3-11(24-2)5-12(14)15/h3-9,19H,1-2H3,(H,20,22). The minimum atomic E-state index is 0.839. The number of nitrogens with zero attached hydrogens (tertiary/aromatic N) is 3. The molecule has 1 aromatic carbocycles. The maximum Gasteiger partial charge on any atom is 0.139 e. The summed E-state index contributed by atoms with van der Waals surface area (Å²) < 4.78 is 7.24. The van der Waals surface area contributed by atoms with E-state index in [1.54, 1.807) is 7.11 Å². The summed E-state index contributed by atoms with van der Waals surface area (Å²) in [7, 11) is 3.63. The first-order chi connectivity index (χ1) is 11.7. The van der Waals surface area contributed by atoms with Gasteiger partial charge in [0.15, 0.2) is 0 Å². The highest BCUT2D eigenvalue weighted by atomic mass is 16.5. The first kappa shape index (κ1) is 13.2. The van der Waals surface area contributed by atoms with Crippen LogP contribution in [0.1, 0.15) is 0 Å². The fraction of sp³-hybridized carbons (Fsp3) is 0.111. The summed E-state index contributed by atoms with van der Waals surface area (Å²) in [6.45, 7) is 0. The van der Waals surface area contributed by atoms with E-state index in [1.807, 2.05) is 48.5 Å². The van der Waals surface area contributed by atoms with Crippen LogP contribution < -0.4 is 4.74 Å². The maximum atomic E-state index is 5.36. The van der Waals surface area contributed by atoms with Crippen LogP contribution in [0.25, 0.3) is 44.1 Å². The first-order valence-corrected chi connectivity index (χ1v) is 7.69. The molecule has 4 heterocycles. The molecule has 2 N–H and O–H groups in total. The number of hydrogen-bond acceptors (Lipinski definition) is 3. The molecule has 4 aromatic heterocycles. The molecular weight excluding hydrogens is 302 g/mol. The van der Waals surface area contributed by atoms with Crippen molar-refractivity contribution in [2.45, 2.75) is 0 Å². The predicted molar refractivity (Wildman–Crippen MR) is 94.2 cm³/mol. The summed E-state index contributed by atoms with van der Waals surface area (Å²) >= 11 is 0. The summed E-state index contributed by atoms with van der Waals surface area (Å²) in [4.78, 5) is 11.3. The molecule has 0 saturated carbocycles. The van der Waals surface area contributed by atoms with Crippen molar-refractivity contribution < 1.29 is 4.74 Å². The molecule has 0 amide bonds. The van der Waals surface area contributed by atoms with Crippen molar-refractivity contribution in [2.75, 3.05) is 7.11 Å². The van der Waals surface area contributed by atoms with Gasteiger partial charge in [0, 0.05) is 52.4 Å². The number of benzene rings is 1. The molecule has 0 aliphatic rings. The van der Waals surface area contributed by atoms with Crippen molar-refractivity contribution >= 4 is 32.8 Å². The number of fused-ring (bicyclic) bond motifs is 4. The van der Waals surface area contributed by atoms with Gasteiger partial charge in [-0.25, -0.2) is 4.98 Å². The Morgan fingerprint density at radius 2 is 2.04 bits per heavy atom. The zero-order valence-electron chi connectivity index (χ0n) is 13.3. The molecule has 0 radical (unpaired) electrons. The molecule has 6 nitrogen and oxygen atoms in total. The van der Waals surface area contributed by atoms with Crippen molar-refractivity contribution in [1.82, 2.24) is 24.7 Å². The first-order valence-electron chi connectivity index (χ1n) is 7.69. The highest BCUT2D eigenvalue weighted by Crippen LogP contribution is 2.33. The number of ether oxygens (including phenoxy) is 1. The minimum Gasteiger partial charge on any atom is -0.497 e.